The van der Waals surface area contributed by atoms with E-state index in [2.05, 4.69) is 4.74 Å². The number of rotatable bonds is 1. The highest BCUT2D eigenvalue weighted by Gasteiger charge is 2.45. The van der Waals surface area contributed by atoms with Crippen LogP contribution in [0.25, 0.3) is 0 Å². The molecule has 0 aliphatic carbocycles. The minimum absolute atomic E-state index is 0.210. The van der Waals surface area contributed by atoms with Gasteiger partial charge in [0.15, 0.2) is 11.9 Å². The molecular formula is C7H12O6. The van der Waals surface area contributed by atoms with E-state index < -0.39 is 30.1 Å². The lowest BCUT2D eigenvalue weighted by molar-refractivity contribution is -0.288. The zero-order chi connectivity index (χ0) is 10.2. The zero-order valence-corrected chi connectivity index (χ0v) is 7.04. The van der Waals surface area contributed by atoms with Crippen LogP contribution in [0, 0.1) is 0 Å². The van der Waals surface area contributed by atoms with Crippen LogP contribution in [0.15, 0.2) is 0 Å². The van der Waals surface area contributed by atoms with Gasteiger partial charge in [-0.3, -0.25) is 0 Å². The summed E-state index contributed by atoms with van der Waals surface area (Å²) >= 11 is 0. The van der Waals surface area contributed by atoms with Crippen LogP contribution in [0.5, 0.6) is 0 Å². The molecule has 0 aromatic rings. The van der Waals surface area contributed by atoms with Gasteiger partial charge in [0, 0.05) is 6.42 Å². The molecule has 13 heavy (non-hydrogen) atoms. The van der Waals surface area contributed by atoms with E-state index in [1.807, 2.05) is 0 Å². The van der Waals surface area contributed by atoms with Gasteiger partial charge in [-0.05, 0) is 6.92 Å². The lowest BCUT2D eigenvalue weighted by atomic mass is 9.96. The van der Waals surface area contributed by atoms with E-state index in [-0.39, 0.29) is 6.42 Å². The van der Waals surface area contributed by atoms with Gasteiger partial charge >= 0.3 is 5.97 Å². The zero-order valence-electron chi connectivity index (χ0n) is 7.04. The molecule has 4 atom stereocenters. The summed E-state index contributed by atoms with van der Waals surface area (Å²) in [4.78, 5) is 10.5. The van der Waals surface area contributed by atoms with Crippen LogP contribution < -0.4 is 0 Å². The Bertz CT molecular complexity index is 213. The normalized spacial score (nSPS) is 46.0. The molecule has 0 bridgehead atoms. The lowest BCUT2D eigenvalue weighted by Crippen LogP contribution is -2.56. The molecule has 1 aliphatic rings. The van der Waals surface area contributed by atoms with Gasteiger partial charge in [0.25, 0.3) is 0 Å². The van der Waals surface area contributed by atoms with E-state index in [1.54, 1.807) is 0 Å². The van der Waals surface area contributed by atoms with Crippen molar-refractivity contribution < 1.29 is 30.0 Å². The number of carboxylic acids is 1. The van der Waals surface area contributed by atoms with Crippen molar-refractivity contribution in [2.75, 3.05) is 0 Å². The number of carboxylic acid groups (broad SMARTS) is 1. The highest BCUT2D eigenvalue weighted by molar-refractivity contribution is 5.73. The Balaban J connectivity index is 2.78. The summed E-state index contributed by atoms with van der Waals surface area (Å²) in [6.45, 7) is 1.23. The van der Waals surface area contributed by atoms with Crippen LogP contribution >= 0.6 is 0 Å². The molecule has 1 aliphatic heterocycles. The molecule has 6 heteroatoms. The third-order valence-corrected chi connectivity index (χ3v) is 1.92. The molecular weight excluding hydrogens is 180 g/mol. The predicted molar refractivity (Wildman–Crippen MR) is 39.8 cm³/mol. The number of hydrogen-bond donors (Lipinski definition) is 4. The number of carbonyl (C=O) groups is 1. The second-order valence-corrected chi connectivity index (χ2v) is 3.31. The first-order valence-electron chi connectivity index (χ1n) is 3.82. The molecule has 4 N–H and O–H groups in total. The molecule has 0 radical (unpaired) electrons. The standard InChI is InChI=1S/C7H12O6/c1-7(12)2-3(8)4(9)5(13-7)6(10)11/h3-5,8-9,12H,2H2,1H3,(H,10,11). The Labute approximate surface area is 74.4 Å². The molecule has 0 aromatic heterocycles. The molecule has 0 amide bonds. The van der Waals surface area contributed by atoms with Crippen LogP contribution in [0.1, 0.15) is 13.3 Å². The van der Waals surface area contributed by atoms with E-state index in [0.29, 0.717) is 0 Å². The minimum atomic E-state index is -1.71. The molecule has 0 spiro atoms. The van der Waals surface area contributed by atoms with Gasteiger partial charge in [-0.2, -0.15) is 0 Å². The SMILES string of the molecule is CC1(O)CC(O)C(O)C(C(=O)O)O1. The first-order valence-corrected chi connectivity index (χ1v) is 3.82. The van der Waals surface area contributed by atoms with Gasteiger partial charge in [-0.1, -0.05) is 0 Å². The Morgan fingerprint density at radius 1 is 1.54 bits per heavy atom. The number of aliphatic carboxylic acids is 1. The van der Waals surface area contributed by atoms with Crippen molar-refractivity contribution in [2.45, 2.75) is 37.4 Å². The van der Waals surface area contributed by atoms with Crippen LogP contribution in [0.2, 0.25) is 0 Å². The first-order chi connectivity index (χ1) is 5.83. The fourth-order valence-electron chi connectivity index (χ4n) is 1.30. The second kappa shape index (κ2) is 3.22. The van der Waals surface area contributed by atoms with Crippen molar-refractivity contribution >= 4 is 5.97 Å². The van der Waals surface area contributed by atoms with Gasteiger partial charge in [0.05, 0.1) is 6.10 Å². The summed E-state index contributed by atoms with van der Waals surface area (Å²) in [7, 11) is 0. The van der Waals surface area contributed by atoms with Crippen LogP contribution in [-0.2, 0) is 9.53 Å². The maximum Gasteiger partial charge on any atom is 0.335 e. The van der Waals surface area contributed by atoms with Crippen LogP contribution in [-0.4, -0.2) is 50.5 Å². The Morgan fingerprint density at radius 2 is 2.08 bits per heavy atom. The van der Waals surface area contributed by atoms with Crippen molar-refractivity contribution in [3.05, 3.63) is 0 Å². The molecule has 0 saturated carbocycles. The molecule has 1 saturated heterocycles. The minimum Gasteiger partial charge on any atom is -0.479 e. The highest BCUT2D eigenvalue weighted by atomic mass is 16.6. The van der Waals surface area contributed by atoms with Crippen LogP contribution in [0.4, 0.5) is 0 Å². The highest BCUT2D eigenvalue weighted by Crippen LogP contribution is 2.26. The van der Waals surface area contributed by atoms with Gasteiger partial charge in [-0.15, -0.1) is 0 Å². The van der Waals surface area contributed by atoms with E-state index in [9.17, 15) is 20.1 Å². The summed E-state index contributed by atoms with van der Waals surface area (Å²) in [6.07, 6.45) is -4.58. The number of hydrogen-bond acceptors (Lipinski definition) is 5. The Morgan fingerprint density at radius 3 is 2.54 bits per heavy atom. The maximum atomic E-state index is 10.5. The molecule has 0 aromatic carbocycles. The van der Waals surface area contributed by atoms with E-state index >= 15 is 0 Å². The largest absolute Gasteiger partial charge is 0.479 e. The van der Waals surface area contributed by atoms with E-state index in [1.165, 1.54) is 6.92 Å². The number of ether oxygens (including phenoxy) is 1. The van der Waals surface area contributed by atoms with Gasteiger partial charge < -0.3 is 25.2 Å². The summed E-state index contributed by atoms with van der Waals surface area (Å²) in [5.74, 6) is -3.12. The average molecular weight is 192 g/mol. The molecule has 1 rings (SSSR count). The summed E-state index contributed by atoms with van der Waals surface area (Å²) in [6, 6.07) is 0. The second-order valence-electron chi connectivity index (χ2n) is 3.31. The Hall–Kier alpha value is -0.690. The molecule has 76 valence electrons. The van der Waals surface area contributed by atoms with Crippen molar-refractivity contribution in [3.63, 3.8) is 0 Å². The smallest absolute Gasteiger partial charge is 0.335 e. The monoisotopic (exact) mass is 192 g/mol. The van der Waals surface area contributed by atoms with Crippen molar-refractivity contribution in [3.8, 4) is 0 Å². The molecule has 4 unspecified atom stereocenters. The third kappa shape index (κ3) is 2.16. The maximum absolute atomic E-state index is 10.5. The van der Waals surface area contributed by atoms with E-state index in [0.717, 1.165) is 0 Å². The van der Waals surface area contributed by atoms with Gasteiger partial charge in [0.1, 0.15) is 6.10 Å². The van der Waals surface area contributed by atoms with Gasteiger partial charge in [0.2, 0.25) is 0 Å². The number of aliphatic hydroxyl groups is 3. The number of aliphatic hydroxyl groups excluding tert-OH is 2. The van der Waals surface area contributed by atoms with Crippen LogP contribution in [0.3, 0.4) is 0 Å². The lowest BCUT2D eigenvalue weighted by Gasteiger charge is -2.38. The van der Waals surface area contributed by atoms with Gasteiger partial charge in [-0.25, -0.2) is 4.79 Å². The van der Waals surface area contributed by atoms with Crippen molar-refractivity contribution in [1.82, 2.24) is 0 Å². The topological polar surface area (TPSA) is 107 Å². The average Bonchev–Trinajstić information content (AvgIpc) is 1.95. The first kappa shape index (κ1) is 10.4. The quantitative estimate of drug-likeness (QED) is 0.394. The predicted octanol–water partition coefficient (Wildman–Crippen LogP) is -1.71. The molecule has 6 nitrogen and oxygen atoms in total. The van der Waals surface area contributed by atoms with E-state index in [4.69, 9.17) is 5.11 Å². The summed E-state index contributed by atoms with van der Waals surface area (Å²) < 4.78 is 4.66. The van der Waals surface area contributed by atoms with Crippen molar-refractivity contribution in [1.29, 1.82) is 0 Å². The Kier molecular flexibility index (Phi) is 2.58. The molecule has 1 heterocycles. The summed E-state index contributed by atoms with van der Waals surface area (Å²) in [5, 5.41) is 36.2. The third-order valence-electron chi connectivity index (χ3n) is 1.92. The summed E-state index contributed by atoms with van der Waals surface area (Å²) in [5.41, 5.74) is 0. The van der Waals surface area contributed by atoms with Crippen molar-refractivity contribution in [2.24, 2.45) is 0 Å². The fourth-order valence-corrected chi connectivity index (χ4v) is 1.30. The molecule has 1 fully saturated rings. The fraction of sp³-hybridized carbons (Fsp3) is 0.857.